The Morgan fingerprint density at radius 3 is 2.48 bits per heavy atom. The van der Waals surface area contributed by atoms with Crippen molar-refractivity contribution in [2.24, 2.45) is 5.10 Å². The van der Waals surface area contributed by atoms with E-state index in [4.69, 9.17) is 14.2 Å². The number of anilines is 1. The molecular formula is C20H25N3O4. The summed E-state index contributed by atoms with van der Waals surface area (Å²) in [5.41, 5.74) is 5.14. The minimum Gasteiger partial charge on any atom is -0.497 e. The summed E-state index contributed by atoms with van der Waals surface area (Å²) in [7, 11) is 4.79. The Labute approximate surface area is 159 Å². The molecule has 1 amide bonds. The maximum atomic E-state index is 12.0. The molecule has 0 saturated carbocycles. The second-order valence-electron chi connectivity index (χ2n) is 5.83. The Hall–Kier alpha value is -3.22. The van der Waals surface area contributed by atoms with Crippen LogP contribution in [0.25, 0.3) is 0 Å². The van der Waals surface area contributed by atoms with Crippen molar-refractivity contribution in [3.8, 4) is 17.2 Å². The van der Waals surface area contributed by atoms with Gasteiger partial charge in [0.05, 0.1) is 27.9 Å². The summed E-state index contributed by atoms with van der Waals surface area (Å²) in [6.07, 6.45) is 0.587. The normalized spacial score (nSPS) is 10.9. The molecule has 2 rings (SSSR count). The molecule has 0 heterocycles. The molecule has 7 nitrogen and oxygen atoms in total. The van der Waals surface area contributed by atoms with Crippen LogP contribution < -0.4 is 25.0 Å². The van der Waals surface area contributed by atoms with Crippen LogP contribution in [0, 0.1) is 0 Å². The van der Waals surface area contributed by atoms with E-state index in [1.54, 1.807) is 21.3 Å². The first-order valence-corrected chi connectivity index (χ1v) is 8.46. The predicted octanol–water partition coefficient (Wildman–Crippen LogP) is 2.86. The van der Waals surface area contributed by atoms with Gasteiger partial charge in [-0.25, -0.2) is 5.43 Å². The third kappa shape index (κ3) is 6.22. The summed E-state index contributed by atoms with van der Waals surface area (Å²) >= 11 is 0. The van der Waals surface area contributed by atoms with E-state index < -0.39 is 0 Å². The van der Waals surface area contributed by atoms with Gasteiger partial charge < -0.3 is 19.5 Å². The highest BCUT2D eigenvalue weighted by molar-refractivity contribution is 5.87. The Bertz CT molecular complexity index is 806. The molecule has 0 bridgehead atoms. The highest BCUT2D eigenvalue weighted by Crippen LogP contribution is 2.27. The summed E-state index contributed by atoms with van der Waals surface area (Å²) in [5.74, 6) is 1.83. The summed E-state index contributed by atoms with van der Waals surface area (Å²) < 4.78 is 15.7. The van der Waals surface area contributed by atoms with Crippen molar-refractivity contribution >= 4 is 17.3 Å². The van der Waals surface area contributed by atoms with E-state index in [2.05, 4.69) is 15.8 Å². The number of hydrazone groups is 1. The number of nitrogens with one attached hydrogen (secondary N) is 2. The molecule has 0 radical (unpaired) electrons. The maximum Gasteiger partial charge on any atom is 0.259 e. The van der Waals surface area contributed by atoms with Crippen LogP contribution in [0.1, 0.15) is 12.5 Å². The van der Waals surface area contributed by atoms with Crippen LogP contribution in [0.5, 0.6) is 17.2 Å². The van der Waals surface area contributed by atoms with E-state index in [1.165, 1.54) is 0 Å². The van der Waals surface area contributed by atoms with Crippen LogP contribution >= 0.6 is 0 Å². The first-order chi connectivity index (χ1) is 13.0. The molecule has 0 saturated heterocycles. The van der Waals surface area contributed by atoms with Gasteiger partial charge in [0.25, 0.3) is 5.91 Å². The summed E-state index contributed by atoms with van der Waals surface area (Å²) in [6.45, 7) is 1.97. The standard InChI is InChI=1S/C20H25N3O4/c1-14(10-15-8-9-18(26-3)19(11-15)27-4)22-23-20(24)13-21-16-6-5-7-17(12-16)25-2/h5-9,11-12,21H,10,13H2,1-4H3,(H,23,24)/b22-14-. The largest absolute Gasteiger partial charge is 0.497 e. The van der Waals surface area contributed by atoms with Gasteiger partial charge in [0.2, 0.25) is 0 Å². The lowest BCUT2D eigenvalue weighted by Gasteiger charge is -2.10. The topological polar surface area (TPSA) is 81.2 Å². The molecule has 7 heteroatoms. The predicted molar refractivity (Wildman–Crippen MR) is 106 cm³/mol. The van der Waals surface area contributed by atoms with Gasteiger partial charge in [-0.3, -0.25) is 4.79 Å². The van der Waals surface area contributed by atoms with Gasteiger partial charge in [-0.15, -0.1) is 0 Å². The van der Waals surface area contributed by atoms with Crippen LogP contribution in [0.15, 0.2) is 47.6 Å². The Balaban J connectivity index is 1.86. The molecule has 0 fully saturated rings. The van der Waals surface area contributed by atoms with Gasteiger partial charge in [0, 0.05) is 23.9 Å². The zero-order chi connectivity index (χ0) is 19.6. The molecular weight excluding hydrogens is 346 g/mol. The molecule has 0 spiro atoms. The van der Waals surface area contributed by atoms with Crippen molar-refractivity contribution in [2.45, 2.75) is 13.3 Å². The highest BCUT2D eigenvalue weighted by atomic mass is 16.5. The molecule has 2 N–H and O–H groups in total. The first-order valence-electron chi connectivity index (χ1n) is 8.46. The zero-order valence-electron chi connectivity index (χ0n) is 16.0. The Morgan fingerprint density at radius 1 is 1.00 bits per heavy atom. The summed E-state index contributed by atoms with van der Waals surface area (Å²) in [5, 5.41) is 7.17. The summed E-state index contributed by atoms with van der Waals surface area (Å²) in [6, 6.07) is 13.0. The van der Waals surface area contributed by atoms with Crippen molar-refractivity contribution in [1.82, 2.24) is 5.43 Å². The second-order valence-corrected chi connectivity index (χ2v) is 5.83. The molecule has 27 heavy (non-hydrogen) atoms. The minimum absolute atomic E-state index is 0.111. The average molecular weight is 371 g/mol. The number of methoxy groups -OCH3 is 3. The van der Waals surface area contributed by atoms with Gasteiger partial charge in [0.15, 0.2) is 11.5 Å². The lowest BCUT2D eigenvalue weighted by Crippen LogP contribution is -2.26. The van der Waals surface area contributed by atoms with Gasteiger partial charge >= 0.3 is 0 Å². The minimum atomic E-state index is -0.232. The van der Waals surface area contributed by atoms with Gasteiger partial charge in [-0.05, 0) is 36.8 Å². The van der Waals surface area contributed by atoms with E-state index in [0.29, 0.717) is 17.9 Å². The van der Waals surface area contributed by atoms with Crippen LogP contribution in [-0.4, -0.2) is 39.5 Å². The van der Waals surface area contributed by atoms with Gasteiger partial charge in [-0.2, -0.15) is 5.10 Å². The van der Waals surface area contributed by atoms with Crippen LogP contribution in [0.3, 0.4) is 0 Å². The fourth-order valence-electron chi connectivity index (χ4n) is 2.44. The maximum absolute atomic E-state index is 12.0. The monoisotopic (exact) mass is 371 g/mol. The smallest absolute Gasteiger partial charge is 0.259 e. The van der Waals surface area contributed by atoms with Crippen molar-refractivity contribution in [1.29, 1.82) is 0 Å². The van der Waals surface area contributed by atoms with Crippen LogP contribution in [0.4, 0.5) is 5.69 Å². The second kappa shape index (κ2) is 10.1. The fraction of sp³-hybridized carbons (Fsp3) is 0.300. The molecule has 0 aliphatic carbocycles. The van der Waals surface area contributed by atoms with Gasteiger partial charge in [-0.1, -0.05) is 12.1 Å². The molecule has 0 aliphatic heterocycles. The van der Waals surface area contributed by atoms with Crippen LogP contribution in [0.2, 0.25) is 0 Å². The number of hydrogen-bond donors (Lipinski definition) is 2. The van der Waals surface area contributed by atoms with Crippen molar-refractivity contribution in [3.63, 3.8) is 0 Å². The quantitative estimate of drug-likeness (QED) is 0.523. The van der Waals surface area contributed by atoms with Crippen molar-refractivity contribution < 1.29 is 19.0 Å². The van der Waals surface area contributed by atoms with E-state index >= 15 is 0 Å². The van der Waals surface area contributed by atoms with Crippen LogP contribution in [-0.2, 0) is 11.2 Å². The highest BCUT2D eigenvalue weighted by Gasteiger charge is 2.06. The third-order valence-electron chi connectivity index (χ3n) is 3.80. The summed E-state index contributed by atoms with van der Waals surface area (Å²) in [4.78, 5) is 12.0. The molecule has 2 aromatic carbocycles. The molecule has 0 unspecified atom stereocenters. The number of nitrogens with zero attached hydrogens (tertiary/aromatic N) is 1. The lowest BCUT2D eigenvalue weighted by molar-refractivity contribution is -0.119. The molecule has 0 aromatic heterocycles. The number of benzene rings is 2. The molecule has 0 aliphatic rings. The van der Waals surface area contributed by atoms with E-state index in [9.17, 15) is 4.79 Å². The number of carbonyl (C=O) groups excluding carboxylic acids is 1. The number of hydrogen-bond acceptors (Lipinski definition) is 6. The van der Waals surface area contributed by atoms with Crippen molar-refractivity contribution in [3.05, 3.63) is 48.0 Å². The number of amides is 1. The van der Waals surface area contributed by atoms with E-state index in [0.717, 1.165) is 22.7 Å². The van der Waals surface area contributed by atoms with Crippen molar-refractivity contribution in [2.75, 3.05) is 33.2 Å². The first kappa shape index (κ1) is 20.1. The Kier molecular flexibility index (Phi) is 7.49. The van der Waals surface area contributed by atoms with E-state index in [-0.39, 0.29) is 12.5 Å². The van der Waals surface area contributed by atoms with E-state index in [1.807, 2.05) is 49.4 Å². The van der Waals surface area contributed by atoms with Gasteiger partial charge in [0.1, 0.15) is 5.75 Å². The SMILES string of the molecule is COc1cccc(NCC(=O)N/N=C(/C)Cc2ccc(OC)c(OC)c2)c1. The molecule has 2 aromatic rings. The number of ether oxygens (including phenoxy) is 3. The zero-order valence-corrected chi connectivity index (χ0v) is 16.0. The fourth-order valence-corrected chi connectivity index (χ4v) is 2.44. The Morgan fingerprint density at radius 2 is 1.78 bits per heavy atom. The lowest BCUT2D eigenvalue weighted by atomic mass is 10.1. The number of rotatable bonds is 9. The number of carbonyl (C=O) groups is 1. The molecule has 144 valence electrons. The molecule has 0 atom stereocenters. The average Bonchev–Trinajstić information content (AvgIpc) is 2.70. The third-order valence-corrected chi connectivity index (χ3v) is 3.80.